The number of hydrogen-bond acceptors (Lipinski definition) is 5. The predicted octanol–water partition coefficient (Wildman–Crippen LogP) is 5.58. The molecular formula is C22H15ClF3N5O2. The Bertz CT molecular complexity index is 1390. The molecule has 0 bridgehead atoms. The highest BCUT2D eigenvalue weighted by Crippen LogP contribution is 2.36. The number of benzene rings is 2. The summed E-state index contributed by atoms with van der Waals surface area (Å²) < 4.78 is 46.5. The molecule has 0 saturated heterocycles. The van der Waals surface area contributed by atoms with Gasteiger partial charge in [-0.15, -0.1) is 0 Å². The summed E-state index contributed by atoms with van der Waals surface area (Å²) >= 11 is 5.64. The fourth-order valence-corrected chi connectivity index (χ4v) is 3.86. The molecule has 0 atom stereocenters. The minimum atomic E-state index is -4.63. The zero-order chi connectivity index (χ0) is 23.2. The molecule has 0 radical (unpaired) electrons. The number of halogens is 4. The van der Waals surface area contributed by atoms with Crippen LogP contribution >= 0.6 is 11.6 Å². The van der Waals surface area contributed by atoms with Crippen molar-refractivity contribution in [3.63, 3.8) is 0 Å². The Hall–Kier alpha value is -3.63. The number of rotatable bonds is 3. The van der Waals surface area contributed by atoms with Crippen molar-refractivity contribution in [3.8, 4) is 11.6 Å². The largest absolute Gasteiger partial charge is 0.439 e. The minimum Gasteiger partial charge on any atom is -0.439 e. The van der Waals surface area contributed by atoms with E-state index < -0.39 is 22.8 Å². The first kappa shape index (κ1) is 21.2. The Kier molecular flexibility index (Phi) is 5.18. The van der Waals surface area contributed by atoms with Crippen LogP contribution in [0.3, 0.4) is 0 Å². The molecule has 0 saturated carbocycles. The van der Waals surface area contributed by atoms with E-state index in [2.05, 4.69) is 20.6 Å². The number of amides is 1. The molecule has 2 aromatic heterocycles. The average Bonchev–Trinajstić information content (AvgIpc) is 3.41. The Morgan fingerprint density at radius 1 is 1.12 bits per heavy atom. The Labute approximate surface area is 190 Å². The van der Waals surface area contributed by atoms with E-state index in [1.165, 1.54) is 23.2 Å². The summed E-state index contributed by atoms with van der Waals surface area (Å²) in [5, 5.41) is 5.93. The number of hydrogen-bond donors (Lipinski definition) is 2. The van der Waals surface area contributed by atoms with Gasteiger partial charge in [0.1, 0.15) is 12.1 Å². The first-order chi connectivity index (χ1) is 15.8. The molecule has 1 aliphatic heterocycles. The van der Waals surface area contributed by atoms with Gasteiger partial charge in [0.15, 0.2) is 0 Å². The maximum absolute atomic E-state index is 13.1. The van der Waals surface area contributed by atoms with E-state index in [0.29, 0.717) is 35.6 Å². The Morgan fingerprint density at radius 3 is 2.79 bits per heavy atom. The zero-order valence-corrected chi connectivity index (χ0v) is 17.5. The second-order valence-electron chi connectivity index (χ2n) is 7.34. The van der Waals surface area contributed by atoms with Crippen LogP contribution in [0.2, 0.25) is 5.02 Å². The molecule has 11 heteroatoms. The van der Waals surface area contributed by atoms with Crippen molar-refractivity contribution in [1.29, 1.82) is 0 Å². The number of anilines is 1. The summed E-state index contributed by atoms with van der Waals surface area (Å²) in [5.41, 5.74) is 1.30. The molecule has 3 heterocycles. The van der Waals surface area contributed by atoms with Crippen molar-refractivity contribution in [1.82, 2.24) is 19.9 Å². The summed E-state index contributed by atoms with van der Waals surface area (Å²) in [7, 11) is 0. The molecule has 0 unspecified atom stereocenters. The van der Waals surface area contributed by atoms with Gasteiger partial charge in [0, 0.05) is 30.4 Å². The van der Waals surface area contributed by atoms with E-state index in [1.807, 2.05) is 0 Å². The van der Waals surface area contributed by atoms with E-state index in [-0.39, 0.29) is 5.69 Å². The summed E-state index contributed by atoms with van der Waals surface area (Å²) in [5.74, 6) is 0.991. The Balaban J connectivity index is 1.38. The molecule has 33 heavy (non-hydrogen) atoms. The van der Waals surface area contributed by atoms with Crippen molar-refractivity contribution in [2.24, 2.45) is 0 Å². The molecule has 168 valence electrons. The van der Waals surface area contributed by atoms with E-state index in [0.717, 1.165) is 23.4 Å². The lowest BCUT2D eigenvalue weighted by Crippen LogP contribution is -2.19. The predicted molar refractivity (Wildman–Crippen MR) is 115 cm³/mol. The monoisotopic (exact) mass is 473 g/mol. The minimum absolute atomic E-state index is 0.0234. The van der Waals surface area contributed by atoms with Crippen molar-refractivity contribution in [3.05, 3.63) is 76.8 Å². The molecule has 0 spiro atoms. The number of nitrogens with one attached hydrogen (secondary N) is 2. The molecule has 5 rings (SSSR count). The van der Waals surface area contributed by atoms with Gasteiger partial charge in [-0.2, -0.15) is 13.2 Å². The van der Waals surface area contributed by atoms with Gasteiger partial charge in [0.05, 0.1) is 27.4 Å². The van der Waals surface area contributed by atoms with Crippen LogP contribution in [0.5, 0.6) is 11.6 Å². The highest BCUT2D eigenvalue weighted by molar-refractivity contribution is 6.31. The van der Waals surface area contributed by atoms with Gasteiger partial charge < -0.3 is 15.4 Å². The van der Waals surface area contributed by atoms with E-state index >= 15 is 0 Å². The van der Waals surface area contributed by atoms with Gasteiger partial charge in [0.25, 0.3) is 0 Å². The highest BCUT2D eigenvalue weighted by atomic mass is 35.5. The molecule has 2 N–H and O–H groups in total. The molecule has 0 aliphatic carbocycles. The quantitative estimate of drug-likeness (QED) is 0.406. The molecule has 7 nitrogen and oxygen atoms in total. The van der Waals surface area contributed by atoms with Crippen LogP contribution in [0.25, 0.3) is 10.9 Å². The normalized spacial score (nSPS) is 13.2. The van der Waals surface area contributed by atoms with Crippen LogP contribution in [0.15, 0.2) is 55.0 Å². The first-order valence-electron chi connectivity index (χ1n) is 9.80. The molecule has 2 aromatic carbocycles. The van der Waals surface area contributed by atoms with Crippen LogP contribution in [0.4, 0.5) is 23.7 Å². The number of aromatic nitrogens is 3. The number of fused-ring (bicyclic) bond motifs is 2. The van der Waals surface area contributed by atoms with Gasteiger partial charge >= 0.3 is 12.2 Å². The van der Waals surface area contributed by atoms with Gasteiger partial charge in [0.2, 0.25) is 5.88 Å². The highest BCUT2D eigenvalue weighted by Gasteiger charge is 2.33. The zero-order valence-electron chi connectivity index (χ0n) is 16.8. The summed E-state index contributed by atoms with van der Waals surface area (Å²) in [6.45, 7) is 1.27. The van der Waals surface area contributed by atoms with Crippen molar-refractivity contribution >= 4 is 34.2 Å². The lowest BCUT2D eigenvalue weighted by Gasteiger charge is -2.12. The third kappa shape index (κ3) is 4.10. The molecule has 1 aliphatic rings. The van der Waals surface area contributed by atoms with Crippen molar-refractivity contribution < 1.29 is 22.7 Å². The standard InChI is InChI=1S/C22H15ClF3N5O2/c23-17-3-1-13(8-16(17)22(24,25)26)30-21(32)31-6-5-12-7-14(2-4-19(12)31)33-20-15-9-27-10-18(15)28-11-29-20/h1-8,11,27H,9-10H2,(H,30,32). The molecule has 4 aromatic rings. The molecule has 1 amide bonds. The lowest BCUT2D eigenvalue weighted by atomic mass is 10.2. The fraction of sp³-hybridized carbons (Fsp3) is 0.136. The van der Waals surface area contributed by atoms with E-state index in [4.69, 9.17) is 16.3 Å². The number of carbonyl (C=O) groups excluding carboxylic acids is 1. The summed E-state index contributed by atoms with van der Waals surface area (Å²) in [4.78, 5) is 21.1. The number of alkyl halides is 3. The number of carbonyl (C=O) groups is 1. The Morgan fingerprint density at radius 2 is 1.97 bits per heavy atom. The summed E-state index contributed by atoms with van der Waals surface area (Å²) in [6.07, 6.45) is -1.66. The van der Waals surface area contributed by atoms with Crippen LogP contribution < -0.4 is 15.4 Å². The second kappa shape index (κ2) is 8.05. The number of nitrogens with zero attached hydrogens (tertiary/aromatic N) is 3. The van der Waals surface area contributed by atoms with Gasteiger partial charge in [-0.3, -0.25) is 4.57 Å². The van der Waals surface area contributed by atoms with E-state index in [9.17, 15) is 18.0 Å². The second-order valence-corrected chi connectivity index (χ2v) is 7.75. The SMILES string of the molecule is O=C(Nc1ccc(Cl)c(C(F)(F)F)c1)n1ccc2cc(Oc3ncnc4c3CNC4)ccc21. The topological polar surface area (TPSA) is 81.1 Å². The first-order valence-corrected chi connectivity index (χ1v) is 10.2. The third-order valence-electron chi connectivity index (χ3n) is 5.21. The van der Waals surface area contributed by atoms with Crippen LogP contribution in [0, 0.1) is 0 Å². The van der Waals surface area contributed by atoms with Gasteiger partial charge in [-0.1, -0.05) is 11.6 Å². The van der Waals surface area contributed by atoms with Crippen LogP contribution in [0.1, 0.15) is 16.8 Å². The van der Waals surface area contributed by atoms with E-state index in [1.54, 1.807) is 24.3 Å². The maximum Gasteiger partial charge on any atom is 0.417 e. The van der Waals surface area contributed by atoms with Crippen LogP contribution in [-0.4, -0.2) is 20.6 Å². The van der Waals surface area contributed by atoms with Crippen molar-refractivity contribution in [2.45, 2.75) is 19.3 Å². The summed E-state index contributed by atoms with van der Waals surface area (Å²) in [6, 6.07) is 9.41. The average molecular weight is 474 g/mol. The number of ether oxygens (including phenoxy) is 1. The van der Waals surface area contributed by atoms with Crippen LogP contribution in [-0.2, 0) is 19.3 Å². The van der Waals surface area contributed by atoms with Gasteiger partial charge in [-0.25, -0.2) is 14.8 Å². The molecule has 0 fully saturated rings. The van der Waals surface area contributed by atoms with Crippen molar-refractivity contribution in [2.75, 3.05) is 5.32 Å². The smallest absolute Gasteiger partial charge is 0.417 e. The van der Waals surface area contributed by atoms with Gasteiger partial charge in [-0.05, 0) is 42.5 Å². The fourth-order valence-electron chi connectivity index (χ4n) is 3.63. The third-order valence-corrected chi connectivity index (χ3v) is 5.54. The lowest BCUT2D eigenvalue weighted by molar-refractivity contribution is -0.137. The maximum atomic E-state index is 13.1. The molecular weight excluding hydrogens is 459 g/mol.